The molecule has 0 aromatic carbocycles. The van der Waals surface area contributed by atoms with Crippen LogP contribution < -0.4 is 10.6 Å². The highest BCUT2D eigenvalue weighted by atomic mass is 16.4. The number of carbonyl (C=O) groups is 4. The van der Waals surface area contributed by atoms with E-state index in [2.05, 4.69) is 0 Å². The summed E-state index contributed by atoms with van der Waals surface area (Å²) >= 11 is 0. The molecule has 0 spiro atoms. The molecule has 1 rings (SSSR count). The van der Waals surface area contributed by atoms with Crippen LogP contribution in [0.5, 0.6) is 0 Å². The van der Waals surface area contributed by atoms with Crippen molar-refractivity contribution in [1.82, 2.24) is 10.6 Å². The minimum Gasteiger partial charge on any atom is -0.478 e. The molecule has 1 heterocycles. The molecule has 100 valence electrons. The third-order valence-corrected chi connectivity index (χ3v) is 2.23. The van der Waals surface area contributed by atoms with E-state index in [1.165, 1.54) is 0 Å². The molecule has 6 N–H and O–H groups in total. The lowest BCUT2D eigenvalue weighted by Gasteiger charge is -2.32. The number of hydrogen-bond acceptors (Lipinski definition) is 6. The standard InChI is InChI=1S/C8H10N2O8/c11-3-1-7(17,5(13)14)10-4(12)2-8(18,9-3)6(15)16/h17-18H,1-2H2,(H,9,11)(H,10,12)(H,13,14)(H,15,16). The quantitative estimate of drug-likeness (QED) is 0.298. The smallest absolute Gasteiger partial charge is 0.357 e. The van der Waals surface area contributed by atoms with Crippen LogP contribution in [-0.4, -0.2) is 55.6 Å². The average Bonchev–Trinajstić information content (AvgIpc) is 2.13. The molecule has 18 heavy (non-hydrogen) atoms. The molecule has 2 atom stereocenters. The van der Waals surface area contributed by atoms with Crippen molar-refractivity contribution in [2.75, 3.05) is 0 Å². The Morgan fingerprint density at radius 1 is 0.889 bits per heavy atom. The van der Waals surface area contributed by atoms with Crippen molar-refractivity contribution in [2.45, 2.75) is 24.3 Å². The summed E-state index contributed by atoms with van der Waals surface area (Å²) in [6, 6.07) is 0. The van der Waals surface area contributed by atoms with Gasteiger partial charge in [-0.25, -0.2) is 9.59 Å². The molecule has 2 amide bonds. The molecule has 0 aromatic rings. The van der Waals surface area contributed by atoms with E-state index in [4.69, 9.17) is 10.2 Å². The topological polar surface area (TPSA) is 173 Å². The van der Waals surface area contributed by atoms with Gasteiger partial charge in [0.1, 0.15) is 0 Å². The molecule has 0 bridgehead atoms. The molecule has 10 heteroatoms. The van der Waals surface area contributed by atoms with E-state index >= 15 is 0 Å². The van der Waals surface area contributed by atoms with Crippen molar-refractivity contribution in [3.8, 4) is 0 Å². The van der Waals surface area contributed by atoms with E-state index in [0.717, 1.165) is 0 Å². The lowest BCUT2D eigenvalue weighted by molar-refractivity contribution is -0.179. The van der Waals surface area contributed by atoms with Gasteiger partial charge in [-0.1, -0.05) is 0 Å². The van der Waals surface area contributed by atoms with E-state index in [0.29, 0.717) is 0 Å². The van der Waals surface area contributed by atoms with Crippen molar-refractivity contribution < 1.29 is 39.6 Å². The third kappa shape index (κ3) is 2.55. The number of hydrogen-bond donors (Lipinski definition) is 6. The van der Waals surface area contributed by atoms with Crippen molar-refractivity contribution in [1.29, 1.82) is 0 Å². The highest BCUT2D eigenvalue weighted by Crippen LogP contribution is 2.16. The van der Waals surface area contributed by atoms with Gasteiger partial charge in [-0.15, -0.1) is 0 Å². The zero-order valence-corrected chi connectivity index (χ0v) is 8.84. The molecule has 0 radical (unpaired) electrons. The Labute approximate surface area is 99.2 Å². The largest absolute Gasteiger partial charge is 0.478 e. The van der Waals surface area contributed by atoms with E-state index < -0.39 is 48.0 Å². The van der Waals surface area contributed by atoms with E-state index in [1.54, 1.807) is 10.6 Å². The van der Waals surface area contributed by atoms with Gasteiger partial charge in [0, 0.05) is 0 Å². The van der Waals surface area contributed by atoms with Gasteiger partial charge < -0.3 is 31.1 Å². The number of rotatable bonds is 2. The monoisotopic (exact) mass is 262 g/mol. The molecular weight excluding hydrogens is 252 g/mol. The first-order valence-electron chi connectivity index (χ1n) is 4.63. The number of carboxylic acids is 2. The van der Waals surface area contributed by atoms with Crippen LogP contribution in [0.1, 0.15) is 12.8 Å². The Kier molecular flexibility index (Phi) is 3.26. The van der Waals surface area contributed by atoms with Crippen molar-refractivity contribution in [2.24, 2.45) is 0 Å². The highest BCUT2D eigenvalue weighted by molar-refractivity contribution is 5.96. The highest BCUT2D eigenvalue weighted by Gasteiger charge is 2.48. The van der Waals surface area contributed by atoms with Crippen LogP contribution >= 0.6 is 0 Å². The molecule has 2 unspecified atom stereocenters. The minimum atomic E-state index is -2.85. The molecule has 1 aliphatic heterocycles. The number of carbonyl (C=O) groups excluding carboxylic acids is 2. The summed E-state index contributed by atoms with van der Waals surface area (Å²) in [5.74, 6) is -6.26. The predicted molar refractivity (Wildman–Crippen MR) is 50.7 cm³/mol. The fraction of sp³-hybridized carbons (Fsp3) is 0.500. The van der Waals surface area contributed by atoms with Crippen LogP contribution in [0.4, 0.5) is 0 Å². The number of nitrogens with one attached hydrogen (secondary N) is 2. The summed E-state index contributed by atoms with van der Waals surface area (Å²) in [6.45, 7) is 0. The molecule has 1 fully saturated rings. The molecule has 1 aliphatic rings. The Balaban J connectivity index is 3.06. The summed E-state index contributed by atoms with van der Waals surface area (Å²) in [4.78, 5) is 44.0. The first kappa shape index (κ1) is 13.9. The number of amides is 2. The summed E-state index contributed by atoms with van der Waals surface area (Å²) in [5.41, 5.74) is -5.69. The maximum atomic E-state index is 11.3. The van der Waals surface area contributed by atoms with Gasteiger partial charge in [-0.05, 0) is 0 Å². The van der Waals surface area contributed by atoms with Crippen LogP contribution in [0.3, 0.4) is 0 Å². The van der Waals surface area contributed by atoms with Gasteiger partial charge in [0.15, 0.2) is 0 Å². The molecule has 0 aromatic heterocycles. The van der Waals surface area contributed by atoms with Crippen LogP contribution in [0.2, 0.25) is 0 Å². The lowest BCUT2D eigenvalue weighted by atomic mass is 10.0. The lowest BCUT2D eigenvalue weighted by Crippen LogP contribution is -2.65. The Morgan fingerprint density at radius 3 is 1.39 bits per heavy atom. The Hall–Kier alpha value is -2.20. The fourth-order valence-electron chi connectivity index (χ4n) is 1.36. The molecule has 1 saturated heterocycles. The van der Waals surface area contributed by atoms with Crippen LogP contribution in [0.15, 0.2) is 0 Å². The van der Waals surface area contributed by atoms with Gasteiger partial charge in [0.2, 0.25) is 23.3 Å². The van der Waals surface area contributed by atoms with Crippen molar-refractivity contribution in [3.63, 3.8) is 0 Å². The van der Waals surface area contributed by atoms with Gasteiger partial charge in [0.05, 0.1) is 12.8 Å². The van der Waals surface area contributed by atoms with Gasteiger partial charge in [-0.2, -0.15) is 0 Å². The second-order valence-electron chi connectivity index (χ2n) is 3.78. The second-order valence-corrected chi connectivity index (χ2v) is 3.78. The SMILES string of the molecule is O=C1CC(O)(C(=O)O)NC(=O)CC(O)(C(=O)O)N1. The van der Waals surface area contributed by atoms with E-state index in [1.807, 2.05) is 0 Å². The number of aliphatic carboxylic acids is 2. The van der Waals surface area contributed by atoms with Crippen molar-refractivity contribution >= 4 is 23.8 Å². The van der Waals surface area contributed by atoms with Crippen LogP contribution in [0.25, 0.3) is 0 Å². The Bertz CT molecular complexity index is 375. The predicted octanol–water partition coefficient (Wildman–Crippen LogP) is -3.44. The summed E-state index contributed by atoms with van der Waals surface area (Å²) < 4.78 is 0. The normalized spacial score (nSPS) is 32.8. The summed E-state index contributed by atoms with van der Waals surface area (Å²) in [6.07, 6.45) is -2.27. The minimum absolute atomic E-state index is 1.14. The molecule has 10 nitrogen and oxygen atoms in total. The summed E-state index contributed by atoms with van der Waals surface area (Å²) in [5, 5.41) is 39.4. The second kappa shape index (κ2) is 4.23. The maximum absolute atomic E-state index is 11.3. The van der Waals surface area contributed by atoms with Gasteiger partial charge in [-0.3, -0.25) is 9.59 Å². The zero-order chi connectivity index (χ0) is 14.1. The Morgan fingerprint density at radius 2 is 1.17 bits per heavy atom. The number of carboxylic acid groups (broad SMARTS) is 2. The van der Waals surface area contributed by atoms with E-state index in [9.17, 15) is 29.4 Å². The van der Waals surface area contributed by atoms with Crippen molar-refractivity contribution in [3.05, 3.63) is 0 Å². The molecule has 0 aliphatic carbocycles. The first-order valence-corrected chi connectivity index (χ1v) is 4.63. The van der Waals surface area contributed by atoms with Crippen LogP contribution in [-0.2, 0) is 19.2 Å². The van der Waals surface area contributed by atoms with Gasteiger partial charge in [0.25, 0.3) is 0 Å². The zero-order valence-electron chi connectivity index (χ0n) is 8.84. The van der Waals surface area contributed by atoms with Gasteiger partial charge >= 0.3 is 11.9 Å². The molecule has 0 saturated carbocycles. The fourth-order valence-corrected chi connectivity index (χ4v) is 1.36. The molecular formula is C8H10N2O8. The number of aliphatic hydroxyl groups is 2. The maximum Gasteiger partial charge on any atom is 0.357 e. The third-order valence-electron chi connectivity index (χ3n) is 2.23. The van der Waals surface area contributed by atoms with E-state index in [-0.39, 0.29) is 0 Å². The first-order chi connectivity index (χ1) is 8.09. The average molecular weight is 262 g/mol. The van der Waals surface area contributed by atoms with Crippen LogP contribution in [0, 0.1) is 0 Å². The summed E-state index contributed by atoms with van der Waals surface area (Å²) in [7, 11) is 0.